The Labute approximate surface area is 196 Å². The molecule has 178 valence electrons. The summed E-state index contributed by atoms with van der Waals surface area (Å²) in [5.74, 6) is 0. The minimum atomic E-state index is -2.19. The van der Waals surface area contributed by atoms with Crippen LogP contribution in [0.1, 0.15) is 106 Å². The molecule has 0 aliphatic heterocycles. The van der Waals surface area contributed by atoms with E-state index in [1.54, 1.807) is 13.3 Å². The third kappa shape index (κ3) is 11.4. The zero-order valence-electron chi connectivity index (χ0n) is 22.0. The number of unbranched alkanes of at least 4 members (excludes halogenated alkanes) is 3. The van der Waals surface area contributed by atoms with Gasteiger partial charge < -0.3 is 0 Å². The first-order chi connectivity index (χ1) is 14.4. The fourth-order valence-corrected chi connectivity index (χ4v) is 22.0. The number of hydrogen-bond donors (Lipinski definition) is 0. The molecule has 0 spiro atoms. The molecule has 1 atom stereocenters. The first kappa shape index (κ1) is 30.5. The maximum atomic E-state index is 6.97. The Morgan fingerprint density at radius 3 is 1.63 bits per heavy atom. The average Bonchev–Trinajstić information content (AvgIpc) is 2.77. The summed E-state index contributed by atoms with van der Waals surface area (Å²) < 4.78 is 14.5. The van der Waals surface area contributed by atoms with Crippen molar-refractivity contribution in [1.82, 2.24) is 0 Å². The molecule has 0 fully saturated rings. The Bertz CT molecular complexity index is 426. The van der Waals surface area contributed by atoms with Gasteiger partial charge in [0.1, 0.15) is 0 Å². The molecule has 0 aromatic heterocycles. The Morgan fingerprint density at radius 2 is 1.27 bits per heavy atom. The zero-order chi connectivity index (χ0) is 22.9. The Balaban J connectivity index is 5.55. The molecule has 0 aromatic rings. The van der Waals surface area contributed by atoms with Crippen LogP contribution < -0.4 is 0 Å². The van der Waals surface area contributed by atoms with Gasteiger partial charge in [0.2, 0.25) is 0 Å². The van der Waals surface area contributed by atoms with E-state index in [1.165, 1.54) is 68.7 Å². The predicted octanol–water partition coefficient (Wildman–Crippen LogP) is 10.1. The van der Waals surface area contributed by atoms with Crippen LogP contribution in [0.25, 0.3) is 0 Å². The molecule has 0 bridgehead atoms. The monoisotopic (exact) mass is 544 g/mol. The molecule has 3 heteroatoms. The van der Waals surface area contributed by atoms with E-state index < -0.39 is 26.7 Å². The molecule has 1 unspecified atom stereocenters. The van der Waals surface area contributed by atoms with Crippen molar-refractivity contribution < 1.29 is 4.43 Å². The Morgan fingerprint density at radius 1 is 0.800 bits per heavy atom. The first-order valence-corrected chi connectivity index (χ1v) is 23.7. The molecule has 0 N–H and O–H groups in total. The predicted molar refractivity (Wildman–Crippen MR) is 145 cm³/mol. The van der Waals surface area contributed by atoms with Crippen LogP contribution in [0.15, 0.2) is 22.3 Å². The van der Waals surface area contributed by atoms with E-state index in [4.69, 9.17) is 4.43 Å². The first-order valence-electron chi connectivity index (χ1n) is 13.4. The Hall–Kier alpha value is 0.456. The van der Waals surface area contributed by atoms with Gasteiger partial charge in [-0.05, 0) is 0 Å². The van der Waals surface area contributed by atoms with Crippen LogP contribution in [0.4, 0.5) is 0 Å². The van der Waals surface area contributed by atoms with E-state index in [2.05, 4.69) is 65.2 Å². The summed E-state index contributed by atoms with van der Waals surface area (Å²) >= 11 is -2.19. The van der Waals surface area contributed by atoms with Crippen LogP contribution in [-0.4, -0.2) is 32.8 Å². The van der Waals surface area contributed by atoms with Crippen molar-refractivity contribution >= 4 is 26.7 Å². The molecule has 0 aromatic carbocycles. The van der Waals surface area contributed by atoms with Crippen LogP contribution in [-0.2, 0) is 4.43 Å². The Kier molecular flexibility index (Phi) is 18.2. The summed E-state index contributed by atoms with van der Waals surface area (Å²) in [4.78, 5) is 0. The van der Waals surface area contributed by atoms with E-state index in [0.29, 0.717) is 0 Å². The normalized spacial score (nSPS) is 13.8. The van der Waals surface area contributed by atoms with Crippen LogP contribution in [0, 0.1) is 0 Å². The average molecular weight is 544 g/mol. The van der Waals surface area contributed by atoms with Gasteiger partial charge in [0.25, 0.3) is 0 Å². The fraction of sp³-hybridized carbons (Fsp3) is 0.852. The topological polar surface area (TPSA) is 9.23 Å². The molecular formula is C27H56OSiSn. The zero-order valence-corrected chi connectivity index (χ0v) is 25.8. The molecule has 0 aliphatic rings. The van der Waals surface area contributed by atoms with Crippen LogP contribution in [0.3, 0.4) is 0 Å². The third-order valence-corrected chi connectivity index (χ3v) is 26.2. The van der Waals surface area contributed by atoms with E-state index in [9.17, 15) is 0 Å². The molecule has 30 heavy (non-hydrogen) atoms. The van der Waals surface area contributed by atoms with Crippen molar-refractivity contribution in [2.45, 2.75) is 144 Å². The van der Waals surface area contributed by atoms with Crippen LogP contribution in [0.2, 0.25) is 31.4 Å². The van der Waals surface area contributed by atoms with Gasteiger partial charge in [0.15, 0.2) is 0 Å². The van der Waals surface area contributed by atoms with Gasteiger partial charge in [-0.3, -0.25) is 0 Å². The van der Waals surface area contributed by atoms with Crippen molar-refractivity contribution in [1.29, 1.82) is 0 Å². The molecule has 0 aliphatic carbocycles. The maximum absolute atomic E-state index is 6.97. The van der Waals surface area contributed by atoms with E-state index in [-0.39, 0.29) is 6.10 Å². The summed E-state index contributed by atoms with van der Waals surface area (Å²) in [7, 11) is -1.61. The fourth-order valence-electron chi connectivity index (χ4n) is 4.74. The second-order valence-corrected chi connectivity index (χ2v) is 27.3. The number of hydrogen-bond acceptors (Lipinski definition) is 1. The molecule has 0 heterocycles. The second kappa shape index (κ2) is 17.9. The van der Waals surface area contributed by atoms with Crippen LogP contribution in [0.5, 0.6) is 0 Å². The summed E-state index contributed by atoms with van der Waals surface area (Å²) in [6.07, 6.45) is 14.5. The van der Waals surface area contributed by atoms with E-state index in [1.807, 2.05) is 0 Å². The standard InChI is InChI=1S/C15H29OSi.3C4H9.Sn/c1-7-12-14(6)15(13-8-2)16-17(9-3,10-4)11-5;3*1-3-4-2;/h2,8,15H,6-7,9-13H2,1,3-5H3;3*1,3-4H2,2H3;. The van der Waals surface area contributed by atoms with Gasteiger partial charge in [-0.25, -0.2) is 0 Å². The molecule has 0 saturated heterocycles. The molecular weight excluding hydrogens is 487 g/mol. The summed E-state index contributed by atoms with van der Waals surface area (Å²) in [6, 6.07) is 3.69. The van der Waals surface area contributed by atoms with Crippen molar-refractivity contribution in [3.63, 3.8) is 0 Å². The summed E-state index contributed by atoms with van der Waals surface area (Å²) in [6.45, 7) is 20.9. The molecule has 1 nitrogen and oxygen atoms in total. The minimum absolute atomic E-state index is 0.250. The molecule has 0 radical (unpaired) electrons. The van der Waals surface area contributed by atoms with E-state index in [0.717, 1.165) is 12.8 Å². The quantitative estimate of drug-likeness (QED) is 0.110. The van der Waals surface area contributed by atoms with Crippen molar-refractivity contribution in [2.24, 2.45) is 0 Å². The summed E-state index contributed by atoms with van der Waals surface area (Å²) in [5, 5.41) is 0. The summed E-state index contributed by atoms with van der Waals surface area (Å²) in [5.41, 5.74) is 1.34. The molecule has 0 saturated carbocycles. The SMILES string of the molecule is C=C(CCC)C(CC=[CH][Sn]([CH2]CCC)([CH2]CCC)[CH2]CCC)O[Si](CC)(CC)CC. The van der Waals surface area contributed by atoms with Crippen molar-refractivity contribution in [3.05, 3.63) is 22.3 Å². The van der Waals surface area contributed by atoms with Gasteiger partial charge in [-0.2, -0.15) is 0 Å². The van der Waals surface area contributed by atoms with Crippen LogP contribution >= 0.6 is 0 Å². The second-order valence-electron chi connectivity index (χ2n) is 9.57. The van der Waals surface area contributed by atoms with E-state index >= 15 is 0 Å². The van der Waals surface area contributed by atoms with Gasteiger partial charge >= 0.3 is 197 Å². The number of rotatable bonds is 20. The third-order valence-electron chi connectivity index (χ3n) is 7.26. The van der Waals surface area contributed by atoms with Crippen molar-refractivity contribution in [2.75, 3.05) is 0 Å². The molecule has 0 rings (SSSR count). The van der Waals surface area contributed by atoms with Gasteiger partial charge in [-0.1, -0.05) is 0 Å². The van der Waals surface area contributed by atoms with Crippen molar-refractivity contribution in [3.8, 4) is 0 Å². The van der Waals surface area contributed by atoms with Gasteiger partial charge in [0.05, 0.1) is 0 Å². The molecule has 0 amide bonds. The van der Waals surface area contributed by atoms with Gasteiger partial charge in [0, 0.05) is 0 Å². The van der Waals surface area contributed by atoms with Gasteiger partial charge in [-0.15, -0.1) is 0 Å².